The number of carbonyl (C=O) groups excluding carboxylic acids is 1. The highest BCUT2D eigenvalue weighted by atomic mass is 35.5. The van der Waals surface area contributed by atoms with Crippen molar-refractivity contribution in [2.75, 3.05) is 0 Å². The van der Waals surface area contributed by atoms with Gasteiger partial charge in [-0.05, 0) is 49.2 Å². The molecule has 2 aromatic carbocycles. The van der Waals surface area contributed by atoms with Crippen LogP contribution in [0.1, 0.15) is 63.6 Å². The Morgan fingerprint density at radius 3 is 2.55 bits per heavy atom. The van der Waals surface area contributed by atoms with Gasteiger partial charge in [0.05, 0.1) is 52.9 Å². The van der Waals surface area contributed by atoms with Gasteiger partial charge in [0.15, 0.2) is 0 Å². The molecule has 214 valence electrons. The minimum atomic E-state index is -1.72. The van der Waals surface area contributed by atoms with Crippen LogP contribution in [0, 0.1) is 17.1 Å². The number of nitrogens with zero attached hydrogens (tertiary/aromatic N) is 5. The van der Waals surface area contributed by atoms with Crippen molar-refractivity contribution >= 4 is 17.5 Å². The van der Waals surface area contributed by atoms with Crippen molar-refractivity contribution in [2.24, 2.45) is 7.05 Å². The van der Waals surface area contributed by atoms with E-state index in [1.807, 2.05) is 6.07 Å². The Balaban J connectivity index is 1.56. The van der Waals surface area contributed by atoms with E-state index in [2.05, 4.69) is 10.1 Å². The van der Waals surface area contributed by atoms with E-state index in [9.17, 15) is 15.2 Å². The maximum atomic E-state index is 16.6. The first-order valence-corrected chi connectivity index (χ1v) is 13.8. The molecular weight excluding hydrogens is 561 g/mol. The summed E-state index contributed by atoms with van der Waals surface area (Å²) >= 11 is 6.22. The van der Waals surface area contributed by atoms with E-state index in [-0.39, 0.29) is 23.2 Å². The maximum absolute atomic E-state index is 16.6. The van der Waals surface area contributed by atoms with Crippen LogP contribution in [0.3, 0.4) is 0 Å². The first-order valence-electron chi connectivity index (χ1n) is 13.4. The number of hydrogen-bond acceptors (Lipinski definition) is 6. The lowest BCUT2D eigenvalue weighted by molar-refractivity contribution is -0.191. The average molecular weight is 589 g/mol. The van der Waals surface area contributed by atoms with Crippen molar-refractivity contribution in [1.29, 1.82) is 5.26 Å². The first kappa shape index (κ1) is 28.0. The third-order valence-corrected chi connectivity index (χ3v) is 8.31. The molecule has 42 heavy (non-hydrogen) atoms. The third-order valence-electron chi connectivity index (χ3n) is 8.06. The highest BCUT2D eigenvalue weighted by Crippen LogP contribution is 2.50. The number of benzene rings is 2. The number of ether oxygens (including phenoxy) is 1. The summed E-state index contributed by atoms with van der Waals surface area (Å²) in [5.41, 5.74) is -0.917. The highest BCUT2D eigenvalue weighted by molar-refractivity contribution is 6.30. The number of hydrogen-bond donors (Lipinski definition) is 1. The lowest BCUT2D eigenvalue weighted by Crippen LogP contribution is -2.51. The Hall–Kier alpha value is -4.14. The van der Waals surface area contributed by atoms with Crippen LogP contribution in [0.5, 0.6) is 0 Å². The van der Waals surface area contributed by atoms with Crippen molar-refractivity contribution in [3.63, 3.8) is 0 Å². The second-order valence-electron chi connectivity index (χ2n) is 11.0. The van der Waals surface area contributed by atoms with Crippen LogP contribution in [0.2, 0.25) is 5.02 Å². The van der Waals surface area contributed by atoms with Gasteiger partial charge < -0.3 is 14.9 Å². The average Bonchev–Trinajstić information content (AvgIpc) is 3.50. The van der Waals surface area contributed by atoms with E-state index in [4.69, 9.17) is 21.4 Å². The van der Waals surface area contributed by atoms with Gasteiger partial charge in [-0.2, -0.15) is 10.4 Å². The topological polar surface area (TPSA) is 127 Å². The van der Waals surface area contributed by atoms with Gasteiger partial charge in [0, 0.05) is 42.5 Å². The van der Waals surface area contributed by atoms with Crippen LogP contribution in [-0.2, 0) is 29.7 Å². The Labute approximate surface area is 246 Å². The molecule has 1 fully saturated rings. The fourth-order valence-electron chi connectivity index (χ4n) is 5.65. The molecule has 2 aromatic heterocycles. The number of halogens is 2. The number of aromatic nitrogens is 3. The van der Waals surface area contributed by atoms with Gasteiger partial charge in [0.1, 0.15) is 11.9 Å². The van der Waals surface area contributed by atoms with Gasteiger partial charge in [-0.15, -0.1) is 0 Å². The minimum Gasteiger partial charge on any atom is -0.434 e. The van der Waals surface area contributed by atoms with Gasteiger partial charge in [-0.3, -0.25) is 19.4 Å². The second-order valence-corrected chi connectivity index (χ2v) is 11.4. The van der Waals surface area contributed by atoms with Gasteiger partial charge in [0.2, 0.25) is 11.3 Å². The molecule has 1 unspecified atom stereocenters. The van der Waals surface area contributed by atoms with Crippen molar-refractivity contribution in [3.8, 4) is 6.07 Å². The number of carbonyl (C=O) groups is 1. The molecule has 11 heteroatoms. The number of aliphatic hydroxyl groups excluding tert-OH is 1. The SMILES string of the molecule is Cn1cc(C(C)([OH2+])c2cc(F)c3c(c2)C(=O)N(Cc2ccc(C#N)cn2)[C@@]3(OC2CC(O)C2)c2ccc(Cl)cc2)cn1. The Kier molecular flexibility index (Phi) is 6.86. The summed E-state index contributed by atoms with van der Waals surface area (Å²) in [6, 6.07) is 14.8. The monoisotopic (exact) mass is 588 g/mol. The molecule has 2 atom stereocenters. The molecule has 2 aliphatic rings. The molecule has 6 rings (SSSR count). The zero-order valence-electron chi connectivity index (χ0n) is 22.9. The molecule has 0 radical (unpaired) electrons. The van der Waals surface area contributed by atoms with Crippen LogP contribution >= 0.6 is 11.6 Å². The summed E-state index contributed by atoms with van der Waals surface area (Å²) in [4.78, 5) is 20.1. The summed E-state index contributed by atoms with van der Waals surface area (Å²) in [6.45, 7) is 1.56. The molecule has 0 spiro atoms. The Morgan fingerprint density at radius 2 is 1.95 bits per heavy atom. The Morgan fingerprint density at radius 1 is 1.21 bits per heavy atom. The number of nitriles is 1. The first-order chi connectivity index (χ1) is 20.0. The summed E-state index contributed by atoms with van der Waals surface area (Å²) in [5.74, 6) is -1.21. The number of rotatable bonds is 7. The summed E-state index contributed by atoms with van der Waals surface area (Å²) in [7, 11) is 1.73. The van der Waals surface area contributed by atoms with Gasteiger partial charge in [0.25, 0.3) is 5.91 Å². The van der Waals surface area contributed by atoms with Gasteiger partial charge in [-0.25, -0.2) is 4.39 Å². The molecular formula is C31H28ClFN5O4+. The lowest BCUT2D eigenvalue weighted by Gasteiger charge is -2.45. The van der Waals surface area contributed by atoms with Crippen LogP contribution in [0.25, 0.3) is 0 Å². The normalized spacial score (nSPS) is 22.8. The predicted molar refractivity (Wildman–Crippen MR) is 151 cm³/mol. The van der Waals surface area contributed by atoms with E-state index in [0.717, 1.165) is 0 Å². The molecule has 1 saturated carbocycles. The Bertz CT molecular complexity index is 1710. The smallest absolute Gasteiger partial charge is 0.257 e. The lowest BCUT2D eigenvalue weighted by atomic mass is 9.85. The third kappa shape index (κ3) is 4.55. The molecule has 0 bridgehead atoms. The predicted octanol–water partition coefficient (Wildman–Crippen LogP) is 3.86. The van der Waals surface area contributed by atoms with Crippen molar-refractivity contribution < 1.29 is 24.1 Å². The largest absolute Gasteiger partial charge is 0.434 e. The summed E-state index contributed by atoms with van der Waals surface area (Å²) < 4.78 is 24.8. The molecule has 1 aliphatic heterocycles. The van der Waals surface area contributed by atoms with E-state index in [1.54, 1.807) is 73.5 Å². The molecule has 0 saturated heterocycles. The summed E-state index contributed by atoms with van der Waals surface area (Å²) in [6.07, 6.45) is 4.28. The van der Waals surface area contributed by atoms with Crippen LogP contribution in [0.15, 0.2) is 67.1 Å². The highest BCUT2D eigenvalue weighted by Gasteiger charge is 2.57. The number of pyridine rings is 1. The van der Waals surface area contributed by atoms with Gasteiger partial charge >= 0.3 is 0 Å². The van der Waals surface area contributed by atoms with Crippen LogP contribution < -0.4 is 0 Å². The number of amides is 1. The van der Waals surface area contributed by atoms with Crippen molar-refractivity contribution in [1.82, 2.24) is 19.7 Å². The van der Waals surface area contributed by atoms with Crippen LogP contribution in [0.4, 0.5) is 4.39 Å². The fourth-order valence-corrected chi connectivity index (χ4v) is 5.78. The van der Waals surface area contributed by atoms with Crippen LogP contribution in [-0.4, -0.2) is 48.0 Å². The minimum absolute atomic E-state index is 0.0237. The van der Waals surface area contributed by atoms with Crippen molar-refractivity contribution in [3.05, 3.63) is 117 Å². The molecule has 9 nitrogen and oxygen atoms in total. The number of aliphatic hydroxyl groups is 1. The maximum Gasteiger partial charge on any atom is 0.257 e. The molecule has 1 aliphatic carbocycles. The van der Waals surface area contributed by atoms with Gasteiger partial charge in [-0.1, -0.05) is 23.7 Å². The summed E-state index contributed by atoms with van der Waals surface area (Å²) in [5, 5.41) is 33.0. The zero-order chi connectivity index (χ0) is 29.8. The molecule has 1 amide bonds. The molecule has 4 aromatic rings. The fraction of sp³-hybridized carbons (Fsp3) is 0.290. The number of fused-ring (bicyclic) bond motifs is 1. The molecule has 3 N–H and O–H groups in total. The number of aryl methyl sites for hydroxylation is 1. The van der Waals surface area contributed by atoms with E-state index in [0.29, 0.717) is 40.2 Å². The van der Waals surface area contributed by atoms with Crippen molar-refractivity contribution in [2.45, 2.75) is 49.8 Å². The van der Waals surface area contributed by atoms with E-state index in [1.165, 1.54) is 17.2 Å². The second kappa shape index (κ2) is 10.3. The molecule has 3 heterocycles. The standard InChI is InChI=1S/C31H27ClFN5O4/c1-30(41,21-15-36-37(2)16-21)20-9-26-28(27(33)10-20)31(42-25-11-24(39)12-25,19-4-6-22(32)7-5-19)38(29(26)40)17-23-8-3-18(13-34)14-35-23/h3-10,14-16,24-25,39,41H,11-12,17H2,1-2H3/p+1/t24?,25?,30?,31-/m1/s1. The van der Waals surface area contributed by atoms with E-state index < -0.39 is 35.3 Å². The zero-order valence-corrected chi connectivity index (χ0v) is 23.6. The quantitative estimate of drug-likeness (QED) is 0.327. The van der Waals surface area contributed by atoms with E-state index >= 15 is 4.39 Å².